The molecular weight excluding hydrogens is 625 g/mol. The standard InChI is InChI=1S/2C9H7N3.2C6H5N3.4C2H6/c1-2-10-7-4-9-8(3-6(1)7)11-5-12-9;1-2-7-9(12-5-11-7)8-6(1)3-4-10-8;1-2-8-6-3-7-4-9-5(1)6;1-2-7-6-4-9-8-3-5(1)6;4*1-2/h2-4H,1,5H2;1-2,4H,3,5H2;2*2-4H,1H2;4*1-2H3. The molecule has 0 radical (unpaired) electrons. The van der Waals surface area contributed by atoms with Gasteiger partial charge >= 0.3 is 0 Å². The van der Waals surface area contributed by atoms with Gasteiger partial charge in [0.1, 0.15) is 30.7 Å². The number of nitrogens with zero attached hydrogens (tertiary/aromatic N) is 12. The molecule has 8 heterocycles. The van der Waals surface area contributed by atoms with Gasteiger partial charge in [0, 0.05) is 56.1 Å². The smallest absolute Gasteiger partial charge is 0.131 e. The van der Waals surface area contributed by atoms with Crippen molar-refractivity contribution in [3.8, 4) is 0 Å². The van der Waals surface area contributed by atoms with Crippen LogP contribution in [-0.2, 0) is 25.7 Å². The zero-order valence-corrected chi connectivity index (χ0v) is 30.5. The molecule has 260 valence electrons. The molecule has 0 N–H and O–H groups in total. The highest BCUT2D eigenvalue weighted by Gasteiger charge is 2.11. The Morgan fingerprint density at radius 1 is 0.480 bits per heavy atom. The predicted octanol–water partition coefficient (Wildman–Crippen LogP) is 5.89. The van der Waals surface area contributed by atoms with Crippen LogP contribution in [0.5, 0.6) is 0 Å². The van der Waals surface area contributed by atoms with E-state index in [0.717, 1.165) is 75.6 Å². The summed E-state index contributed by atoms with van der Waals surface area (Å²) in [5, 5.41) is 11.4. The minimum Gasteiger partial charge on any atom is -0.261 e. The molecule has 6 aliphatic heterocycles. The van der Waals surface area contributed by atoms with Gasteiger partial charge in [-0.25, -0.2) is 9.97 Å². The number of benzene rings is 2. The van der Waals surface area contributed by atoms with E-state index in [2.05, 4.69) is 72.2 Å². The normalized spacial score (nSPS) is 13.4. The van der Waals surface area contributed by atoms with Crippen molar-refractivity contribution < 1.29 is 0 Å². The molecule has 0 saturated carbocycles. The van der Waals surface area contributed by atoms with Gasteiger partial charge in [0.15, 0.2) is 0 Å². The van der Waals surface area contributed by atoms with Crippen LogP contribution in [0.15, 0.2) is 89.1 Å². The first kappa shape index (κ1) is 38.9. The molecule has 2 aromatic heterocycles. The third kappa shape index (κ3) is 10.0. The maximum atomic E-state index is 4.29. The fourth-order valence-corrected chi connectivity index (χ4v) is 4.90. The van der Waals surface area contributed by atoms with Gasteiger partial charge in [-0.2, -0.15) is 10.2 Å². The minimum atomic E-state index is 0.571. The van der Waals surface area contributed by atoms with E-state index in [1.807, 2.05) is 92.4 Å². The zero-order chi connectivity index (χ0) is 36.1. The van der Waals surface area contributed by atoms with E-state index < -0.39 is 0 Å². The number of rotatable bonds is 0. The Bertz CT molecular complexity index is 2010. The molecule has 50 heavy (non-hydrogen) atoms. The molecule has 10 rings (SSSR count). The zero-order valence-electron chi connectivity index (χ0n) is 30.5. The molecule has 12 nitrogen and oxygen atoms in total. The third-order valence-corrected chi connectivity index (χ3v) is 7.03. The van der Waals surface area contributed by atoms with E-state index in [1.165, 1.54) is 16.7 Å². The van der Waals surface area contributed by atoms with Crippen LogP contribution in [0.4, 0.5) is 22.7 Å². The van der Waals surface area contributed by atoms with Crippen LogP contribution in [0, 0.1) is 0 Å². The highest BCUT2D eigenvalue weighted by Crippen LogP contribution is 2.21. The van der Waals surface area contributed by atoms with Crippen LogP contribution < -0.4 is 21.4 Å². The highest BCUT2D eigenvalue weighted by molar-refractivity contribution is 5.76. The molecule has 12 heteroatoms. The molecule has 0 unspecified atom stereocenters. The molecule has 6 aliphatic rings. The van der Waals surface area contributed by atoms with Gasteiger partial charge in [0.2, 0.25) is 0 Å². The summed E-state index contributed by atoms with van der Waals surface area (Å²) < 4.78 is 0. The van der Waals surface area contributed by atoms with Crippen LogP contribution >= 0.6 is 0 Å². The van der Waals surface area contributed by atoms with Crippen LogP contribution in [0.3, 0.4) is 0 Å². The molecule has 0 spiro atoms. The Balaban J connectivity index is 0.000000170. The SMILES string of the molecule is C1=Nc2c(ccc3c2=NCN=3)C1.C1=Nc2cc3c(cc2C1)=NCN=3.C1=Nc2cncnc2C1.C1=Nc2cnncc2C1.CC.CC.CC.CC. The molecule has 2 aromatic carbocycles. The van der Waals surface area contributed by atoms with Gasteiger partial charge in [-0.1, -0.05) is 61.5 Å². The van der Waals surface area contributed by atoms with E-state index in [-0.39, 0.29) is 0 Å². The summed E-state index contributed by atoms with van der Waals surface area (Å²) in [6, 6.07) is 8.23. The molecule has 4 aromatic rings. The Morgan fingerprint density at radius 3 is 1.84 bits per heavy atom. The van der Waals surface area contributed by atoms with Crippen molar-refractivity contribution in [1.82, 2.24) is 20.2 Å². The maximum absolute atomic E-state index is 4.29. The largest absolute Gasteiger partial charge is 0.261 e. The Morgan fingerprint density at radius 2 is 1.08 bits per heavy atom. The summed E-state index contributed by atoms with van der Waals surface area (Å²) in [5.74, 6) is 0. The van der Waals surface area contributed by atoms with Gasteiger partial charge in [-0.3, -0.25) is 39.9 Å². The number of hydrogen-bond donors (Lipinski definition) is 0. The molecule has 0 saturated heterocycles. The molecule has 0 fully saturated rings. The van der Waals surface area contributed by atoms with Crippen LogP contribution in [-0.4, -0.2) is 58.4 Å². The van der Waals surface area contributed by atoms with E-state index in [9.17, 15) is 0 Å². The molecule has 0 amide bonds. The van der Waals surface area contributed by atoms with E-state index in [4.69, 9.17) is 0 Å². The Kier molecular flexibility index (Phi) is 16.7. The van der Waals surface area contributed by atoms with Crippen LogP contribution in [0.25, 0.3) is 0 Å². The summed E-state index contributed by atoms with van der Waals surface area (Å²) in [5.41, 5.74) is 8.73. The summed E-state index contributed by atoms with van der Waals surface area (Å²) in [6.07, 6.45) is 17.9. The van der Waals surface area contributed by atoms with Crippen molar-refractivity contribution >= 4 is 47.6 Å². The summed E-state index contributed by atoms with van der Waals surface area (Å²) in [6.45, 7) is 17.2. The number of aliphatic imine (C=N–C) groups is 4. The van der Waals surface area contributed by atoms with Crippen molar-refractivity contribution in [2.75, 3.05) is 13.3 Å². The second-order valence-electron chi connectivity index (χ2n) is 9.64. The average Bonchev–Trinajstić information content (AvgIpc) is 4.05. The number of aromatic nitrogens is 4. The summed E-state index contributed by atoms with van der Waals surface area (Å²) >= 11 is 0. The third-order valence-electron chi connectivity index (χ3n) is 7.03. The first-order chi connectivity index (χ1) is 24.8. The van der Waals surface area contributed by atoms with Gasteiger partial charge < -0.3 is 0 Å². The van der Waals surface area contributed by atoms with Gasteiger partial charge in [-0.15, -0.1) is 0 Å². The van der Waals surface area contributed by atoms with Gasteiger partial charge in [-0.05, 0) is 29.3 Å². The quantitative estimate of drug-likeness (QED) is 0.229. The maximum Gasteiger partial charge on any atom is 0.131 e. The van der Waals surface area contributed by atoms with Gasteiger partial charge in [0.05, 0.1) is 57.4 Å². The first-order valence-corrected chi connectivity index (χ1v) is 17.5. The highest BCUT2D eigenvalue weighted by atomic mass is 15.1. The second kappa shape index (κ2) is 21.5. The van der Waals surface area contributed by atoms with Crippen molar-refractivity contribution in [1.29, 1.82) is 0 Å². The van der Waals surface area contributed by atoms with E-state index >= 15 is 0 Å². The summed E-state index contributed by atoms with van der Waals surface area (Å²) in [4.78, 5) is 41.5. The number of fused-ring (bicyclic) bond motifs is 7. The lowest BCUT2D eigenvalue weighted by Crippen LogP contribution is -2.21. The lowest BCUT2D eigenvalue weighted by molar-refractivity contribution is 1.01. The average molecular weight is 673 g/mol. The van der Waals surface area contributed by atoms with Crippen LogP contribution in [0.2, 0.25) is 0 Å². The van der Waals surface area contributed by atoms with E-state index in [0.29, 0.717) is 13.3 Å². The van der Waals surface area contributed by atoms with Gasteiger partial charge in [0.25, 0.3) is 0 Å². The Labute approximate surface area is 294 Å². The van der Waals surface area contributed by atoms with Crippen molar-refractivity contribution in [3.63, 3.8) is 0 Å². The number of hydrogen-bond acceptors (Lipinski definition) is 12. The lowest BCUT2D eigenvalue weighted by atomic mass is 10.1. The second-order valence-corrected chi connectivity index (χ2v) is 9.64. The monoisotopic (exact) mass is 672 g/mol. The van der Waals surface area contributed by atoms with E-state index in [1.54, 1.807) is 24.9 Å². The fraction of sp³-hybridized carbons (Fsp3) is 0.368. The predicted molar refractivity (Wildman–Crippen MR) is 204 cm³/mol. The lowest BCUT2D eigenvalue weighted by Gasteiger charge is -1.93. The van der Waals surface area contributed by atoms with Crippen molar-refractivity contribution in [2.45, 2.75) is 81.1 Å². The van der Waals surface area contributed by atoms with Crippen LogP contribution in [0.1, 0.15) is 77.8 Å². The molecule has 0 bridgehead atoms. The first-order valence-electron chi connectivity index (χ1n) is 17.5. The molecule has 0 atom stereocenters. The fourth-order valence-electron chi connectivity index (χ4n) is 4.90. The van der Waals surface area contributed by atoms with Crippen molar-refractivity contribution in [3.05, 3.63) is 93.0 Å². The topological polar surface area (TPSA) is 150 Å². The minimum absolute atomic E-state index is 0.571. The Hall–Kier alpha value is -5.52. The van der Waals surface area contributed by atoms with Crippen molar-refractivity contribution in [2.24, 2.45) is 39.9 Å². The summed E-state index contributed by atoms with van der Waals surface area (Å²) in [7, 11) is 0. The molecule has 0 aliphatic carbocycles. The molecular formula is C38H48N12.